The van der Waals surface area contributed by atoms with Crippen molar-refractivity contribution in [1.82, 2.24) is 4.90 Å². The lowest BCUT2D eigenvalue weighted by molar-refractivity contribution is -0.152. The summed E-state index contributed by atoms with van der Waals surface area (Å²) in [5.41, 5.74) is 0. The topological polar surface area (TPSA) is 83.9 Å². The molecular weight excluding hydrogens is 250 g/mol. The molecule has 1 amide bonds. The lowest BCUT2D eigenvalue weighted by Gasteiger charge is -2.31. The van der Waals surface area contributed by atoms with Crippen LogP contribution in [-0.2, 0) is 19.1 Å². The average molecular weight is 269 g/mol. The number of likely N-dealkylation sites (tertiary alicyclic amines) is 1. The number of aliphatic carboxylic acids is 1. The number of nitrogens with zero attached hydrogens (tertiary/aromatic N) is 1. The number of piperidine rings is 1. The lowest BCUT2D eigenvalue weighted by Crippen LogP contribution is -2.43. The third kappa shape index (κ3) is 3.05. The molecular formula is C13H19NO5. The summed E-state index contributed by atoms with van der Waals surface area (Å²) in [7, 11) is 0. The number of carboxylic acid groups (broad SMARTS) is 1. The van der Waals surface area contributed by atoms with Gasteiger partial charge in [0.05, 0.1) is 24.4 Å². The van der Waals surface area contributed by atoms with Gasteiger partial charge in [0.1, 0.15) is 0 Å². The predicted octanol–water partition coefficient (Wildman–Crippen LogP) is 0.509. The van der Waals surface area contributed by atoms with E-state index in [2.05, 4.69) is 0 Å². The summed E-state index contributed by atoms with van der Waals surface area (Å²) >= 11 is 0. The second-order valence-electron chi connectivity index (χ2n) is 5.16. The van der Waals surface area contributed by atoms with Crippen LogP contribution < -0.4 is 0 Å². The van der Waals surface area contributed by atoms with E-state index in [4.69, 9.17) is 9.84 Å². The fraction of sp³-hybridized carbons (Fsp3) is 0.769. The Morgan fingerprint density at radius 1 is 1.32 bits per heavy atom. The van der Waals surface area contributed by atoms with Crippen molar-refractivity contribution in [1.29, 1.82) is 0 Å². The molecule has 0 aromatic rings. The number of rotatable bonds is 4. The average Bonchev–Trinajstić information content (AvgIpc) is 3.18. The molecule has 6 heteroatoms. The second kappa shape index (κ2) is 5.59. The molecule has 1 N–H and O–H groups in total. The van der Waals surface area contributed by atoms with Crippen LogP contribution in [0.25, 0.3) is 0 Å². The van der Waals surface area contributed by atoms with E-state index in [1.807, 2.05) is 0 Å². The van der Waals surface area contributed by atoms with Crippen molar-refractivity contribution in [2.45, 2.75) is 26.2 Å². The summed E-state index contributed by atoms with van der Waals surface area (Å²) in [5, 5.41) is 8.84. The summed E-state index contributed by atoms with van der Waals surface area (Å²) in [6, 6.07) is 0. The predicted molar refractivity (Wildman–Crippen MR) is 65.2 cm³/mol. The summed E-state index contributed by atoms with van der Waals surface area (Å²) in [6.45, 7) is 3.07. The molecule has 1 aliphatic carbocycles. The first-order valence-corrected chi connectivity index (χ1v) is 6.72. The normalized spacial score (nSPS) is 29.7. The zero-order valence-electron chi connectivity index (χ0n) is 11.0. The van der Waals surface area contributed by atoms with Crippen LogP contribution in [0.15, 0.2) is 0 Å². The number of hydrogen-bond acceptors (Lipinski definition) is 4. The molecule has 3 unspecified atom stereocenters. The molecule has 2 aliphatic rings. The van der Waals surface area contributed by atoms with Gasteiger partial charge in [-0.25, -0.2) is 0 Å². The van der Waals surface area contributed by atoms with Gasteiger partial charge in [-0.1, -0.05) is 0 Å². The molecule has 3 atom stereocenters. The first kappa shape index (κ1) is 13.8. The van der Waals surface area contributed by atoms with Gasteiger partial charge in [0.15, 0.2) is 0 Å². The molecule has 1 saturated carbocycles. The summed E-state index contributed by atoms with van der Waals surface area (Å²) < 4.78 is 4.97. The molecule has 2 fully saturated rings. The van der Waals surface area contributed by atoms with Gasteiger partial charge in [0.25, 0.3) is 0 Å². The van der Waals surface area contributed by atoms with Crippen LogP contribution in [0.1, 0.15) is 26.2 Å². The third-order valence-electron chi connectivity index (χ3n) is 3.78. The van der Waals surface area contributed by atoms with Crippen molar-refractivity contribution in [3.8, 4) is 0 Å². The third-order valence-corrected chi connectivity index (χ3v) is 3.78. The first-order chi connectivity index (χ1) is 9.04. The molecule has 19 heavy (non-hydrogen) atoms. The van der Waals surface area contributed by atoms with Crippen molar-refractivity contribution in [2.24, 2.45) is 17.8 Å². The smallest absolute Gasteiger partial charge is 0.310 e. The molecule has 0 aromatic heterocycles. The number of amides is 1. The Kier molecular flexibility index (Phi) is 4.07. The van der Waals surface area contributed by atoms with E-state index < -0.39 is 17.8 Å². The van der Waals surface area contributed by atoms with E-state index in [0.717, 1.165) is 12.8 Å². The fourth-order valence-corrected chi connectivity index (χ4v) is 2.61. The van der Waals surface area contributed by atoms with Crippen molar-refractivity contribution in [3.63, 3.8) is 0 Å². The van der Waals surface area contributed by atoms with Crippen LogP contribution in [0.3, 0.4) is 0 Å². The van der Waals surface area contributed by atoms with Gasteiger partial charge >= 0.3 is 11.9 Å². The maximum Gasteiger partial charge on any atom is 0.310 e. The first-order valence-electron chi connectivity index (χ1n) is 6.72. The molecule has 6 nitrogen and oxygen atoms in total. The zero-order valence-corrected chi connectivity index (χ0v) is 11.0. The van der Waals surface area contributed by atoms with Crippen molar-refractivity contribution >= 4 is 17.8 Å². The van der Waals surface area contributed by atoms with Crippen LogP contribution in [0.4, 0.5) is 0 Å². The molecule has 0 bridgehead atoms. The number of hydrogen-bond donors (Lipinski definition) is 1. The molecule has 0 radical (unpaired) electrons. The highest BCUT2D eigenvalue weighted by Crippen LogP contribution is 2.40. The second-order valence-corrected chi connectivity index (χ2v) is 5.16. The van der Waals surface area contributed by atoms with E-state index in [1.165, 1.54) is 0 Å². The van der Waals surface area contributed by atoms with E-state index >= 15 is 0 Å². The maximum atomic E-state index is 12.1. The Balaban J connectivity index is 1.89. The highest BCUT2D eigenvalue weighted by atomic mass is 16.5. The van der Waals surface area contributed by atoms with Crippen molar-refractivity contribution in [3.05, 3.63) is 0 Å². The van der Waals surface area contributed by atoms with E-state index in [0.29, 0.717) is 26.1 Å². The van der Waals surface area contributed by atoms with E-state index in [1.54, 1.807) is 11.8 Å². The fourth-order valence-electron chi connectivity index (χ4n) is 2.61. The standard InChI is InChI=1S/C13H19NO5/c1-2-19-13(18)8-4-3-5-14(7-8)11(15)9-6-10(9)12(16)17/h8-10H,2-7H2,1H3,(H,16,17). The quantitative estimate of drug-likeness (QED) is 0.752. The SMILES string of the molecule is CCOC(=O)C1CCCN(C(=O)C2CC2C(=O)O)C1. The minimum absolute atomic E-state index is 0.124. The molecule has 2 rings (SSSR count). The summed E-state index contributed by atoms with van der Waals surface area (Å²) in [6.07, 6.45) is 1.92. The van der Waals surface area contributed by atoms with E-state index in [-0.39, 0.29) is 17.8 Å². The van der Waals surface area contributed by atoms with Gasteiger partial charge < -0.3 is 14.7 Å². The summed E-state index contributed by atoms with van der Waals surface area (Å²) in [4.78, 5) is 36.2. The lowest BCUT2D eigenvalue weighted by atomic mass is 9.97. The van der Waals surface area contributed by atoms with Crippen LogP contribution in [0.5, 0.6) is 0 Å². The Labute approximate surface area is 111 Å². The van der Waals surface area contributed by atoms with Gasteiger partial charge in [-0.05, 0) is 26.2 Å². The van der Waals surface area contributed by atoms with Crippen LogP contribution in [0.2, 0.25) is 0 Å². The Morgan fingerprint density at radius 2 is 2.05 bits per heavy atom. The van der Waals surface area contributed by atoms with Crippen molar-refractivity contribution < 1.29 is 24.2 Å². The Bertz CT molecular complexity index is 394. The minimum Gasteiger partial charge on any atom is -0.481 e. The Morgan fingerprint density at radius 3 is 2.63 bits per heavy atom. The zero-order chi connectivity index (χ0) is 14.0. The highest BCUT2D eigenvalue weighted by molar-refractivity contribution is 5.89. The van der Waals surface area contributed by atoms with Crippen LogP contribution in [-0.4, -0.2) is 47.5 Å². The highest BCUT2D eigenvalue weighted by Gasteiger charge is 2.50. The van der Waals surface area contributed by atoms with Gasteiger partial charge in [0, 0.05) is 13.1 Å². The van der Waals surface area contributed by atoms with Crippen molar-refractivity contribution in [2.75, 3.05) is 19.7 Å². The Hall–Kier alpha value is -1.59. The molecule has 1 heterocycles. The van der Waals surface area contributed by atoms with Gasteiger partial charge in [-0.2, -0.15) is 0 Å². The number of ether oxygens (including phenoxy) is 1. The molecule has 1 saturated heterocycles. The van der Waals surface area contributed by atoms with Gasteiger partial charge in [0.2, 0.25) is 5.91 Å². The molecule has 1 aliphatic heterocycles. The maximum absolute atomic E-state index is 12.1. The minimum atomic E-state index is -0.905. The van der Waals surface area contributed by atoms with E-state index in [9.17, 15) is 14.4 Å². The van der Waals surface area contributed by atoms with Gasteiger partial charge in [-0.15, -0.1) is 0 Å². The monoisotopic (exact) mass is 269 g/mol. The molecule has 0 spiro atoms. The van der Waals surface area contributed by atoms with Crippen LogP contribution in [0, 0.1) is 17.8 Å². The number of carbonyl (C=O) groups excluding carboxylic acids is 2. The molecule has 0 aromatic carbocycles. The summed E-state index contributed by atoms with van der Waals surface area (Å²) in [5.74, 6) is -2.47. The van der Waals surface area contributed by atoms with Crippen LogP contribution >= 0.6 is 0 Å². The molecule has 106 valence electrons. The van der Waals surface area contributed by atoms with Gasteiger partial charge in [-0.3, -0.25) is 14.4 Å². The largest absolute Gasteiger partial charge is 0.481 e. The number of carbonyl (C=O) groups is 3. The number of carboxylic acids is 1. The number of esters is 1.